The van der Waals surface area contributed by atoms with E-state index in [4.69, 9.17) is 0 Å². The maximum atomic E-state index is 13.0. The maximum Gasteiger partial charge on any atom is 0.416 e. The molecule has 164 valence electrons. The summed E-state index contributed by atoms with van der Waals surface area (Å²) in [5, 5.41) is 2.93. The molecule has 3 saturated heterocycles. The molecule has 7 nitrogen and oxygen atoms in total. The number of anilines is 1. The highest BCUT2D eigenvalue weighted by molar-refractivity contribution is 6.06. The number of hydrogen-bond acceptors (Lipinski definition) is 3. The van der Waals surface area contributed by atoms with Crippen molar-refractivity contribution in [3.05, 3.63) is 29.8 Å². The lowest BCUT2D eigenvalue weighted by atomic mass is 9.88. The van der Waals surface area contributed by atoms with Gasteiger partial charge in [-0.25, -0.2) is 9.69 Å². The molecule has 0 saturated carbocycles. The number of imide groups is 1. The van der Waals surface area contributed by atoms with Crippen LogP contribution in [0.4, 0.5) is 23.7 Å². The predicted octanol–water partition coefficient (Wildman–Crippen LogP) is -1.03. The third kappa shape index (κ3) is 3.98. The molecule has 10 heteroatoms. The summed E-state index contributed by atoms with van der Waals surface area (Å²) in [5.74, 6) is -0.132. The Bertz CT molecular complexity index is 815. The predicted molar refractivity (Wildman–Crippen MR) is 103 cm³/mol. The van der Waals surface area contributed by atoms with Crippen LogP contribution < -0.4 is 20.0 Å². The summed E-state index contributed by atoms with van der Waals surface area (Å²) >= 11 is 0. The molecule has 1 aromatic carbocycles. The van der Waals surface area contributed by atoms with Crippen LogP contribution in [0.5, 0.6) is 0 Å². The minimum Gasteiger partial charge on any atom is -0.360 e. The molecule has 0 aliphatic carbocycles. The fourth-order valence-corrected chi connectivity index (χ4v) is 4.60. The molecule has 3 aliphatic heterocycles. The molecule has 30 heavy (non-hydrogen) atoms. The quantitative estimate of drug-likeness (QED) is 0.541. The summed E-state index contributed by atoms with van der Waals surface area (Å²) in [6.45, 7) is 4.43. The normalized spacial score (nSPS) is 28.3. The monoisotopic (exact) mass is 427 g/mol. The Hall–Kier alpha value is -2.33. The van der Waals surface area contributed by atoms with Crippen LogP contribution in [0.15, 0.2) is 24.3 Å². The van der Waals surface area contributed by atoms with Gasteiger partial charge in [0.25, 0.3) is 5.91 Å². The van der Waals surface area contributed by atoms with Gasteiger partial charge in [-0.3, -0.25) is 4.79 Å². The Balaban J connectivity index is 1.35. The van der Waals surface area contributed by atoms with Crippen LogP contribution in [0, 0.1) is 0 Å². The summed E-state index contributed by atoms with van der Waals surface area (Å²) < 4.78 is 38.9. The van der Waals surface area contributed by atoms with Crippen LogP contribution in [0.2, 0.25) is 0 Å². The van der Waals surface area contributed by atoms with Gasteiger partial charge in [0.1, 0.15) is 5.54 Å². The molecule has 3 heterocycles. The van der Waals surface area contributed by atoms with E-state index in [0.717, 1.165) is 24.1 Å². The van der Waals surface area contributed by atoms with Crippen molar-refractivity contribution in [3.63, 3.8) is 0 Å². The van der Waals surface area contributed by atoms with Gasteiger partial charge in [-0.2, -0.15) is 13.2 Å². The Morgan fingerprint density at radius 3 is 2.40 bits per heavy atom. The van der Waals surface area contributed by atoms with Crippen molar-refractivity contribution in [2.75, 3.05) is 57.9 Å². The highest BCUT2D eigenvalue weighted by Gasteiger charge is 2.54. The second-order valence-corrected chi connectivity index (χ2v) is 8.65. The number of quaternary nitrogens is 2. The molecule has 0 atom stereocenters. The molecule has 3 amide bonds. The third-order valence-electron chi connectivity index (χ3n) is 6.59. The van der Waals surface area contributed by atoms with Crippen molar-refractivity contribution in [2.45, 2.75) is 24.6 Å². The Morgan fingerprint density at radius 2 is 1.77 bits per heavy atom. The lowest BCUT2D eigenvalue weighted by Gasteiger charge is -2.35. The zero-order chi connectivity index (χ0) is 21.5. The highest BCUT2D eigenvalue weighted by atomic mass is 19.4. The van der Waals surface area contributed by atoms with Crippen molar-refractivity contribution >= 4 is 17.6 Å². The number of rotatable bonds is 3. The summed E-state index contributed by atoms with van der Waals surface area (Å²) in [5.41, 5.74) is -0.860. The van der Waals surface area contributed by atoms with E-state index >= 15 is 0 Å². The molecule has 1 aromatic rings. The first-order chi connectivity index (χ1) is 14.2. The lowest BCUT2D eigenvalue weighted by molar-refractivity contribution is -0.907. The van der Waals surface area contributed by atoms with Crippen molar-refractivity contribution in [3.8, 4) is 0 Å². The molecular formula is C20H28F3N5O2+2. The van der Waals surface area contributed by atoms with E-state index in [2.05, 4.69) is 12.4 Å². The number of urea groups is 1. The van der Waals surface area contributed by atoms with Crippen molar-refractivity contribution in [1.82, 2.24) is 10.2 Å². The van der Waals surface area contributed by atoms with E-state index in [1.807, 2.05) is 4.90 Å². The lowest BCUT2D eigenvalue weighted by Crippen LogP contribution is -3.16. The van der Waals surface area contributed by atoms with Gasteiger partial charge in [-0.1, -0.05) is 6.07 Å². The zero-order valence-corrected chi connectivity index (χ0v) is 17.0. The molecule has 0 radical (unpaired) electrons. The van der Waals surface area contributed by atoms with Crippen LogP contribution in [-0.2, 0) is 11.0 Å². The summed E-state index contributed by atoms with van der Waals surface area (Å²) in [4.78, 5) is 31.2. The smallest absolute Gasteiger partial charge is 0.360 e. The van der Waals surface area contributed by atoms with Gasteiger partial charge >= 0.3 is 12.2 Å². The first kappa shape index (κ1) is 20.9. The van der Waals surface area contributed by atoms with E-state index in [9.17, 15) is 22.8 Å². The molecule has 1 spiro atoms. The van der Waals surface area contributed by atoms with E-state index in [1.165, 1.54) is 21.9 Å². The van der Waals surface area contributed by atoms with Gasteiger partial charge in [-0.15, -0.1) is 0 Å². The Labute approximate surface area is 173 Å². The first-order valence-electron chi connectivity index (χ1n) is 10.4. The van der Waals surface area contributed by atoms with Crippen molar-refractivity contribution < 1.29 is 32.6 Å². The molecule has 0 aromatic heterocycles. The SMILES string of the molecule is C[NH+]1CCC2(CC1)NC(=O)N(C[NH+]1CCN(c3cccc(C(F)(F)F)c3)CC1)C2=O. The Kier molecular flexibility index (Phi) is 5.39. The van der Waals surface area contributed by atoms with Gasteiger partial charge in [0.05, 0.1) is 51.9 Å². The average molecular weight is 427 g/mol. The number of halogens is 3. The van der Waals surface area contributed by atoms with E-state index in [0.29, 0.717) is 51.4 Å². The minimum atomic E-state index is -4.36. The minimum absolute atomic E-state index is 0.132. The van der Waals surface area contributed by atoms with E-state index < -0.39 is 17.3 Å². The number of piperidine rings is 1. The maximum absolute atomic E-state index is 13.0. The van der Waals surface area contributed by atoms with Crippen molar-refractivity contribution in [2.24, 2.45) is 0 Å². The van der Waals surface area contributed by atoms with Crippen LogP contribution >= 0.6 is 0 Å². The molecule has 3 aliphatic rings. The molecule has 3 fully saturated rings. The molecule has 0 unspecified atom stereocenters. The van der Waals surface area contributed by atoms with Gasteiger partial charge in [0.2, 0.25) is 0 Å². The number of amides is 3. The van der Waals surface area contributed by atoms with Gasteiger partial charge in [0, 0.05) is 18.5 Å². The molecule has 4 rings (SSSR count). The summed E-state index contributed by atoms with van der Waals surface area (Å²) in [7, 11) is 2.08. The number of nitrogens with zero attached hydrogens (tertiary/aromatic N) is 2. The van der Waals surface area contributed by atoms with Crippen LogP contribution in [0.25, 0.3) is 0 Å². The number of piperazine rings is 1. The topological polar surface area (TPSA) is 61.5 Å². The fourth-order valence-electron chi connectivity index (χ4n) is 4.60. The summed E-state index contributed by atoms with van der Waals surface area (Å²) in [6.07, 6.45) is -3.06. The second kappa shape index (κ2) is 7.73. The van der Waals surface area contributed by atoms with Crippen molar-refractivity contribution in [1.29, 1.82) is 0 Å². The first-order valence-corrected chi connectivity index (χ1v) is 10.4. The molecular weight excluding hydrogens is 399 g/mol. The fraction of sp³-hybridized carbons (Fsp3) is 0.600. The molecule has 3 N–H and O–H groups in total. The molecule has 0 bridgehead atoms. The summed E-state index contributed by atoms with van der Waals surface area (Å²) in [6, 6.07) is 5.03. The average Bonchev–Trinajstić information content (AvgIpc) is 2.94. The number of nitrogens with one attached hydrogen (secondary N) is 3. The van der Waals surface area contributed by atoms with E-state index in [1.54, 1.807) is 6.07 Å². The zero-order valence-electron chi connectivity index (χ0n) is 17.0. The number of benzene rings is 1. The van der Waals surface area contributed by atoms with E-state index in [-0.39, 0.29) is 11.9 Å². The third-order valence-corrected chi connectivity index (χ3v) is 6.59. The van der Waals surface area contributed by atoms with Crippen LogP contribution in [-0.4, -0.2) is 75.4 Å². The highest BCUT2D eigenvalue weighted by Crippen LogP contribution is 2.31. The van der Waals surface area contributed by atoms with Crippen LogP contribution in [0.3, 0.4) is 0 Å². The number of carbonyl (C=O) groups excluding carboxylic acids is 2. The van der Waals surface area contributed by atoms with Gasteiger partial charge < -0.3 is 20.0 Å². The standard InChI is InChI=1S/C20H26F3N5O2/c1-25-7-5-19(6-8-25)17(29)28(18(30)24-19)14-26-9-11-27(12-10-26)16-4-2-3-15(13-16)20(21,22)23/h2-4,13H,5-12,14H2,1H3,(H,24,30)/p+2. The Morgan fingerprint density at radius 1 is 1.10 bits per heavy atom. The number of alkyl halides is 3. The largest absolute Gasteiger partial charge is 0.416 e. The van der Waals surface area contributed by atoms with Gasteiger partial charge in [0.15, 0.2) is 6.67 Å². The second-order valence-electron chi connectivity index (χ2n) is 8.65. The number of carbonyl (C=O) groups is 2. The number of likely N-dealkylation sites (tertiary alicyclic amines) is 1. The number of hydrogen-bond donors (Lipinski definition) is 3. The van der Waals surface area contributed by atoms with Gasteiger partial charge in [-0.05, 0) is 18.2 Å². The van der Waals surface area contributed by atoms with Crippen LogP contribution in [0.1, 0.15) is 18.4 Å².